The van der Waals surface area contributed by atoms with Gasteiger partial charge in [0.15, 0.2) is 0 Å². The highest BCUT2D eigenvalue weighted by atomic mass is 32.2. The maximum Gasteiger partial charge on any atom is 0.265 e. The Kier molecular flexibility index (Phi) is 6.72. The van der Waals surface area contributed by atoms with Crippen LogP contribution in [0, 0.1) is 0 Å². The van der Waals surface area contributed by atoms with Crippen molar-refractivity contribution in [1.29, 1.82) is 0 Å². The van der Waals surface area contributed by atoms with Crippen LogP contribution in [0.2, 0.25) is 0 Å². The molecule has 1 unspecified atom stereocenters. The highest BCUT2D eigenvalue weighted by molar-refractivity contribution is 7.89. The molecule has 7 nitrogen and oxygen atoms in total. The normalized spacial score (nSPS) is 21.2. The minimum atomic E-state index is -3.88. The molecule has 0 spiro atoms. The van der Waals surface area contributed by atoms with Gasteiger partial charge in [-0.3, -0.25) is 9.59 Å². The number of benzene rings is 1. The second-order valence-electron chi connectivity index (χ2n) is 10.4. The van der Waals surface area contributed by atoms with E-state index in [0.29, 0.717) is 17.0 Å². The summed E-state index contributed by atoms with van der Waals surface area (Å²) in [7, 11) is -3.88. The van der Waals surface area contributed by atoms with E-state index >= 15 is 0 Å². The quantitative estimate of drug-likeness (QED) is 0.554. The summed E-state index contributed by atoms with van der Waals surface area (Å²) in [6, 6.07) is 7.88. The van der Waals surface area contributed by atoms with E-state index < -0.39 is 21.1 Å². The highest BCUT2D eigenvalue weighted by Crippen LogP contribution is 2.45. The minimum absolute atomic E-state index is 0.138. The molecule has 1 aromatic carbocycles. The van der Waals surface area contributed by atoms with Gasteiger partial charge >= 0.3 is 0 Å². The second kappa shape index (κ2) is 9.19. The summed E-state index contributed by atoms with van der Waals surface area (Å²) in [5, 5.41) is 5.77. The molecule has 188 valence electrons. The Hall–Kier alpha value is -2.49. The van der Waals surface area contributed by atoms with Crippen LogP contribution < -0.4 is 10.6 Å². The van der Waals surface area contributed by atoms with E-state index in [0.717, 1.165) is 25.7 Å². The number of amides is 2. The predicted molar refractivity (Wildman–Crippen MR) is 139 cm³/mol. The molecule has 1 aromatic heterocycles. The Morgan fingerprint density at radius 2 is 1.77 bits per heavy atom. The highest BCUT2D eigenvalue weighted by Gasteiger charge is 2.57. The first kappa shape index (κ1) is 25.6. The molecule has 1 atom stereocenters. The first-order valence-corrected chi connectivity index (χ1v) is 14.1. The van der Waals surface area contributed by atoms with Crippen LogP contribution >= 0.6 is 11.3 Å². The van der Waals surface area contributed by atoms with Crippen molar-refractivity contribution in [2.24, 2.45) is 0 Å². The first-order valence-electron chi connectivity index (χ1n) is 11.9. The van der Waals surface area contributed by atoms with Crippen LogP contribution in [0.5, 0.6) is 0 Å². The topological polar surface area (TPSA) is 95.6 Å². The number of hydrogen-bond acceptors (Lipinski definition) is 5. The third kappa shape index (κ3) is 4.81. The summed E-state index contributed by atoms with van der Waals surface area (Å²) >= 11 is 1.54. The van der Waals surface area contributed by atoms with E-state index in [1.165, 1.54) is 33.0 Å². The molecule has 2 heterocycles. The van der Waals surface area contributed by atoms with Gasteiger partial charge in [0, 0.05) is 22.1 Å². The van der Waals surface area contributed by atoms with Gasteiger partial charge in [-0.15, -0.1) is 11.3 Å². The van der Waals surface area contributed by atoms with E-state index in [2.05, 4.69) is 17.2 Å². The van der Waals surface area contributed by atoms with Crippen molar-refractivity contribution in [3.63, 3.8) is 0 Å². The first-order chi connectivity index (χ1) is 16.4. The lowest BCUT2D eigenvalue weighted by atomic mass is 9.94. The van der Waals surface area contributed by atoms with Crippen LogP contribution in [0.4, 0.5) is 5.69 Å². The van der Waals surface area contributed by atoms with Crippen LogP contribution in [0.15, 0.2) is 47.9 Å². The van der Waals surface area contributed by atoms with E-state index in [9.17, 15) is 18.0 Å². The number of fused-ring (bicyclic) bond motifs is 1. The fraction of sp³-hybridized carbons (Fsp3) is 0.462. The summed E-state index contributed by atoms with van der Waals surface area (Å²) in [6.45, 7) is 10.9. The van der Waals surface area contributed by atoms with Crippen LogP contribution in [0.25, 0.3) is 0 Å². The number of nitrogens with zero attached hydrogens (tertiary/aromatic N) is 1. The van der Waals surface area contributed by atoms with Crippen molar-refractivity contribution in [3.8, 4) is 0 Å². The van der Waals surface area contributed by atoms with Crippen LogP contribution in [-0.4, -0.2) is 41.7 Å². The second-order valence-corrected chi connectivity index (χ2v) is 13.4. The zero-order chi connectivity index (χ0) is 25.6. The SMILES string of the molecule is C=CC(=O)NC1CC(C)(C)N(S(=O)(=O)c2ccc(NC(=O)c3cc4c(s3)CCCC4)cc2)C1(C)C. The average Bonchev–Trinajstić information content (AvgIpc) is 3.29. The standard InChI is InChI=1S/C26H33N3O4S2/c1-6-23(30)28-22-16-25(2,3)29(26(22,4)5)35(32,33)19-13-11-18(12-14-19)27-24(31)21-15-17-9-7-8-10-20(17)34-21/h6,11-15,22H,1,7-10,16H2,2-5H3,(H,27,31)(H,28,30). The molecular formula is C26H33N3O4S2. The Bertz CT molecular complexity index is 1240. The molecule has 4 rings (SSSR count). The average molecular weight is 516 g/mol. The van der Waals surface area contributed by atoms with E-state index in [1.807, 2.05) is 33.8 Å². The van der Waals surface area contributed by atoms with E-state index in [1.54, 1.807) is 23.5 Å². The number of aryl methyl sites for hydroxylation is 2. The molecule has 2 N–H and O–H groups in total. The third-order valence-corrected chi connectivity index (χ3v) is 10.6. The van der Waals surface area contributed by atoms with Gasteiger partial charge in [0.2, 0.25) is 15.9 Å². The molecule has 2 aliphatic rings. The fourth-order valence-corrected chi connectivity index (χ4v) is 8.77. The van der Waals surface area contributed by atoms with Crippen molar-refractivity contribution >= 4 is 38.9 Å². The van der Waals surface area contributed by atoms with Crippen molar-refractivity contribution in [2.45, 2.75) is 81.8 Å². The molecule has 1 saturated heterocycles. The van der Waals surface area contributed by atoms with Crippen molar-refractivity contribution < 1.29 is 18.0 Å². The van der Waals surface area contributed by atoms with Gasteiger partial charge in [-0.05, 0) is 102 Å². The van der Waals surface area contributed by atoms with Crippen LogP contribution in [0.3, 0.4) is 0 Å². The largest absolute Gasteiger partial charge is 0.348 e. The number of thiophene rings is 1. The molecule has 0 bridgehead atoms. The number of hydrogen-bond donors (Lipinski definition) is 2. The molecule has 9 heteroatoms. The molecule has 2 amide bonds. The Morgan fingerprint density at radius 3 is 2.40 bits per heavy atom. The van der Waals surface area contributed by atoms with Gasteiger partial charge in [0.05, 0.1) is 15.3 Å². The molecule has 1 aliphatic carbocycles. The maximum absolute atomic E-state index is 13.7. The van der Waals surface area contributed by atoms with Gasteiger partial charge < -0.3 is 10.6 Å². The van der Waals surface area contributed by atoms with Crippen molar-refractivity contribution in [3.05, 3.63) is 58.3 Å². The molecule has 0 radical (unpaired) electrons. The zero-order valence-electron chi connectivity index (χ0n) is 20.7. The lowest BCUT2D eigenvalue weighted by Gasteiger charge is -2.40. The fourth-order valence-electron chi connectivity index (χ4n) is 5.46. The molecule has 0 saturated carbocycles. The van der Waals surface area contributed by atoms with E-state index in [4.69, 9.17) is 0 Å². The zero-order valence-corrected chi connectivity index (χ0v) is 22.3. The third-order valence-electron chi connectivity index (χ3n) is 7.00. The number of rotatable bonds is 6. The lowest BCUT2D eigenvalue weighted by Crippen LogP contribution is -2.56. The van der Waals surface area contributed by atoms with Gasteiger partial charge in [0.1, 0.15) is 0 Å². The lowest BCUT2D eigenvalue weighted by molar-refractivity contribution is -0.117. The molecular weight excluding hydrogens is 482 g/mol. The minimum Gasteiger partial charge on any atom is -0.348 e. The smallest absolute Gasteiger partial charge is 0.265 e. The number of sulfonamides is 1. The van der Waals surface area contributed by atoms with Crippen LogP contribution in [-0.2, 0) is 27.7 Å². The summed E-state index contributed by atoms with van der Waals surface area (Å²) in [5.74, 6) is -0.507. The predicted octanol–water partition coefficient (Wildman–Crippen LogP) is 4.50. The number of carbonyl (C=O) groups excluding carboxylic acids is 2. The Morgan fingerprint density at radius 1 is 1.11 bits per heavy atom. The van der Waals surface area contributed by atoms with Crippen molar-refractivity contribution in [1.82, 2.24) is 9.62 Å². The Balaban J connectivity index is 1.54. The summed E-state index contributed by atoms with van der Waals surface area (Å²) in [6.07, 6.45) is 6.04. The monoisotopic (exact) mass is 515 g/mol. The van der Waals surface area contributed by atoms with Gasteiger partial charge in [-0.2, -0.15) is 4.31 Å². The molecule has 35 heavy (non-hydrogen) atoms. The van der Waals surface area contributed by atoms with Crippen molar-refractivity contribution in [2.75, 3.05) is 5.32 Å². The van der Waals surface area contributed by atoms with Gasteiger partial charge in [-0.1, -0.05) is 6.58 Å². The maximum atomic E-state index is 13.7. The number of nitrogens with one attached hydrogen (secondary N) is 2. The Labute approximate surface area is 211 Å². The summed E-state index contributed by atoms with van der Waals surface area (Å²) < 4.78 is 29.0. The molecule has 1 fully saturated rings. The summed E-state index contributed by atoms with van der Waals surface area (Å²) in [5.41, 5.74) is 0.237. The number of anilines is 1. The molecule has 2 aromatic rings. The molecule has 1 aliphatic heterocycles. The summed E-state index contributed by atoms with van der Waals surface area (Å²) in [4.78, 5) is 26.8. The van der Waals surface area contributed by atoms with E-state index in [-0.39, 0.29) is 22.8 Å². The van der Waals surface area contributed by atoms with Gasteiger partial charge in [0.25, 0.3) is 5.91 Å². The number of carbonyl (C=O) groups is 2. The van der Waals surface area contributed by atoms with Crippen LogP contribution in [0.1, 0.15) is 67.1 Å². The van der Waals surface area contributed by atoms with Gasteiger partial charge in [-0.25, -0.2) is 8.42 Å².